The summed E-state index contributed by atoms with van der Waals surface area (Å²) in [6, 6.07) is 9.71. The first kappa shape index (κ1) is 17.4. The maximum atomic E-state index is 12.5. The number of methoxy groups -OCH3 is 1. The Balaban J connectivity index is 3.19. The zero-order valence-electron chi connectivity index (χ0n) is 13.9. The van der Waals surface area contributed by atoms with Crippen molar-refractivity contribution in [2.24, 2.45) is 10.8 Å². The van der Waals surface area contributed by atoms with Gasteiger partial charge in [-0.3, -0.25) is 9.59 Å². The van der Waals surface area contributed by atoms with Gasteiger partial charge in [0, 0.05) is 17.8 Å². The van der Waals surface area contributed by atoms with Crippen LogP contribution in [0, 0.1) is 10.8 Å². The predicted octanol–water partition coefficient (Wildman–Crippen LogP) is 3.97. The molecule has 3 heteroatoms. The van der Waals surface area contributed by atoms with Crippen LogP contribution in [-0.4, -0.2) is 18.9 Å². The molecular weight excluding hydrogens is 264 g/mol. The summed E-state index contributed by atoms with van der Waals surface area (Å²) < 4.78 is 4.93. The van der Waals surface area contributed by atoms with Crippen molar-refractivity contribution >= 4 is 11.8 Å². The van der Waals surface area contributed by atoms with Crippen molar-refractivity contribution in [1.29, 1.82) is 0 Å². The van der Waals surface area contributed by atoms with E-state index in [-0.39, 0.29) is 17.7 Å². The molecule has 0 saturated carbocycles. The molecule has 3 nitrogen and oxygen atoms in total. The van der Waals surface area contributed by atoms with Crippen molar-refractivity contribution in [1.82, 2.24) is 0 Å². The molecule has 1 aromatic carbocycles. The van der Waals surface area contributed by atoms with Gasteiger partial charge in [-0.15, -0.1) is 0 Å². The smallest absolute Gasteiger partial charge is 0.311 e. The molecule has 0 amide bonds. The molecule has 0 saturated heterocycles. The van der Waals surface area contributed by atoms with E-state index in [1.165, 1.54) is 7.11 Å². The zero-order chi connectivity index (χ0) is 16.3. The van der Waals surface area contributed by atoms with Gasteiger partial charge in [-0.1, -0.05) is 51.1 Å². The molecule has 0 N–H and O–H groups in total. The van der Waals surface area contributed by atoms with Crippen LogP contribution in [0.1, 0.15) is 52.5 Å². The second-order valence-corrected chi connectivity index (χ2v) is 7.05. The Bertz CT molecular complexity index is 495. The number of carbonyl (C=O) groups is 2. The average molecular weight is 290 g/mol. The Hall–Kier alpha value is -1.64. The molecule has 1 rings (SSSR count). The number of esters is 1. The van der Waals surface area contributed by atoms with Crippen LogP contribution >= 0.6 is 0 Å². The zero-order valence-corrected chi connectivity index (χ0v) is 13.9. The highest BCUT2D eigenvalue weighted by Crippen LogP contribution is 2.40. The van der Waals surface area contributed by atoms with Crippen molar-refractivity contribution in [3.05, 3.63) is 35.9 Å². The Morgan fingerprint density at radius 2 is 1.57 bits per heavy atom. The average Bonchev–Trinajstić information content (AvgIpc) is 2.43. The molecule has 0 heterocycles. The largest absolute Gasteiger partial charge is 0.469 e. The van der Waals surface area contributed by atoms with Gasteiger partial charge in [-0.25, -0.2) is 0 Å². The van der Waals surface area contributed by atoms with E-state index in [9.17, 15) is 9.59 Å². The first-order chi connectivity index (χ1) is 9.60. The number of hydrogen-bond acceptors (Lipinski definition) is 3. The van der Waals surface area contributed by atoms with Crippen molar-refractivity contribution in [2.45, 2.75) is 47.0 Å². The molecule has 21 heavy (non-hydrogen) atoms. The molecule has 0 radical (unpaired) electrons. The SMILES string of the molecule is COC(=O)C(C)(C)[C@H](CC(=O)C(C)(C)C)c1ccccc1. The number of rotatable bonds is 5. The fraction of sp³-hybridized carbons (Fsp3) is 0.556. The molecule has 0 fully saturated rings. The number of hydrogen-bond donors (Lipinski definition) is 0. The second kappa shape index (κ2) is 6.42. The number of Topliss-reactive ketones (excluding diaryl/α,β-unsaturated/α-hetero) is 1. The van der Waals surface area contributed by atoms with Crippen LogP contribution in [-0.2, 0) is 14.3 Å². The molecule has 0 aromatic heterocycles. The summed E-state index contributed by atoms with van der Waals surface area (Å²) in [5, 5.41) is 0. The van der Waals surface area contributed by atoms with Gasteiger partial charge in [0.05, 0.1) is 12.5 Å². The minimum absolute atomic E-state index is 0.147. The first-order valence-electron chi connectivity index (χ1n) is 7.27. The van der Waals surface area contributed by atoms with Crippen LogP contribution in [0.2, 0.25) is 0 Å². The van der Waals surface area contributed by atoms with E-state index in [2.05, 4.69) is 0 Å². The third kappa shape index (κ3) is 4.16. The van der Waals surface area contributed by atoms with Crippen LogP contribution < -0.4 is 0 Å². The number of carbonyl (C=O) groups excluding carboxylic acids is 2. The third-order valence-corrected chi connectivity index (χ3v) is 4.01. The number of ketones is 1. The van der Waals surface area contributed by atoms with Gasteiger partial charge in [0.25, 0.3) is 0 Å². The molecule has 0 unspecified atom stereocenters. The minimum Gasteiger partial charge on any atom is -0.469 e. The summed E-state index contributed by atoms with van der Waals surface area (Å²) in [7, 11) is 1.39. The highest BCUT2D eigenvalue weighted by atomic mass is 16.5. The van der Waals surface area contributed by atoms with Gasteiger partial charge < -0.3 is 4.74 Å². The van der Waals surface area contributed by atoms with E-state index < -0.39 is 10.8 Å². The maximum absolute atomic E-state index is 12.5. The fourth-order valence-electron chi connectivity index (χ4n) is 2.37. The molecular formula is C18H26O3. The van der Waals surface area contributed by atoms with Gasteiger partial charge in [-0.05, 0) is 19.4 Å². The van der Waals surface area contributed by atoms with E-state index in [0.29, 0.717) is 6.42 Å². The van der Waals surface area contributed by atoms with E-state index in [1.54, 1.807) is 0 Å². The Kier molecular flexibility index (Phi) is 5.32. The molecule has 0 aliphatic heterocycles. The highest BCUT2D eigenvalue weighted by Gasteiger charge is 2.41. The third-order valence-electron chi connectivity index (χ3n) is 4.01. The van der Waals surface area contributed by atoms with Gasteiger partial charge in [-0.2, -0.15) is 0 Å². The Morgan fingerprint density at radius 1 is 1.05 bits per heavy atom. The summed E-state index contributed by atoms with van der Waals surface area (Å²) in [6.07, 6.45) is 0.329. The van der Waals surface area contributed by atoms with Gasteiger partial charge in [0.1, 0.15) is 5.78 Å². The monoisotopic (exact) mass is 290 g/mol. The highest BCUT2D eigenvalue weighted by molar-refractivity contribution is 5.86. The molecule has 116 valence electrons. The van der Waals surface area contributed by atoms with Crippen LogP contribution in [0.4, 0.5) is 0 Å². The van der Waals surface area contributed by atoms with Crippen LogP contribution in [0.25, 0.3) is 0 Å². The summed E-state index contributed by atoms with van der Waals surface area (Å²) in [6.45, 7) is 9.40. The lowest BCUT2D eigenvalue weighted by molar-refractivity contribution is -0.152. The Morgan fingerprint density at radius 3 is 2.00 bits per heavy atom. The van der Waals surface area contributed by atoms with Crippen molar-refractivity contribution < 1.29 is 14.3 Å². The lowest BCUT2D eigenvalue weighted by atomic mass is 9.70. The van der Waals surface area contributed by atoms with Gasteiger partial charge >= 0.3 is 5.97 Å². The molecule has 0 aliphatic rings. The predicted molar refractivity (Wildman–Crippen MR) is 84.1 cm³/mol. The summed E-state index contributed by atoms with van der Waals surface area (Å²) in [5.74, 6) is -0.343. The number of benzene rings is 1. The summed E-state index contributed by atoms with van der Waals surface area (Å²) in [4.78, 5) is 24.6. The lowest BCUT2D eigenvalue weighted by Crippen LogP contribution is -2.35. The minimum atomic E-state index is -0.753. The van der Waals surface area contributed by atoms with E-state index in [4.69, 9.17) is 4.74 Å². The molecule has 1 atom stereocenters. The Labute approximate surface area is 127 Å². The van der Waals surface area contributed by atoms with E-state index in [0.717, 1.165) is 5.56 Å². The van der Waals surface area contributed by atoms with E-state index >= 15 is 0 Å². The van der Waals surface area contributed by atoms with E-state index in [1.807, 2.05) is 65.0 Å². The molecule has 1 aromatic rings. The standard InChI is InChI=1S/C18H26O3/c1-17(2,3)15(19)12-14(13-10-8-7-9-11-13)18(4,5)16(20)21-6/h7-11,14H,12H2,1-6H3/t14-/m1/s1. The maximum Gasteiger partial charge on any atom is 0.311 e. The van der Waals surface area contributed by atoms with Crippen LogP contribution in [0.5, 0.6) is 0 Å². The number of ether oxygens (including phenoxy) is 1. The van der Waals surface area contributed by atoms with Gasteiger partial charge in [0.15, 0.2) is 0 Å². The first-order valence-corrected chi connectivity index (χ1v) is 7.27. The fourth-order valence-corrected chi connectivity index (χ4v) is 2.37. The van der Waals surface area contributed by atoms with Crippen molar-refractivity contribution in [3.63, 3.8) is 0 Å². The molecule has 0 bridgehead atoms. The molecule has 0 spiro atoms. The lowest BCUT2D eigenvalue weighted by Gasteiger charge is -2.33. The topological polar surface area (TPSA) is 43.4 Å². The van der Waals surface area contributed by atoms with Crippen LogP contribution in [0.15, 0.2) is 30.3 Å². The summed E-state index contributed by atoms with van der Waals surface area (Å²) in [5.41, 5.74) is -0.179. The van der Waals surface area contributed by atoms with Crippen LogP contribution in [0.3, 0.4) is 0 Å². The summed E-state index contributed by atoms with van der Waals surface area (Å²) >= 11 is 0. The van der Waals surface area contributed by atoms with Crippen molar-refractivity contribution in [3.8, 4) is 0 Å². The second-order valence-electron chi connectivity index (χ2n) is 7.05. The molecule has 0 aliphatic carbocycles. The normalized spacial score (nSPS) is 13.6. The van der Waals surface area contributed by atoms with Gasteiger partial charge in [0.2, 0.25) is 0 Å². The van der Waals surface area contributed by atoms with Crippen molar-refractivity contribution in [2.75, 3.05) is 7.11 Å². The quantitative estimate of drug-likeness (QED) is 0.770.